The molecule has 0 atom stereocenters. The normalized spacial score (nSPS) is 11.0. The van der Waals surface area contributed by atoms with E-state index >= 15 is 0 Å². The number of benzene rings is 2. The summed E-state index contributed by atoms with van der Waals surface area (Å²) in [4.78, 5) is 15.4. The third kappa shape index (κ3) is 2.82. The molecule has 3 rings (SSSR count). The van der Waals surface area contributed by atoms with Crippen molar-refractivity contribution >= 4 is 16.7 Å². The van der Waals surface area contributed by atoms with Crippen molar-refractivity contribution in [1.82, 2.24) is 4.98 Å². The van der Waals surface area contributed by atoms with Crippen molar-refractivity contribution in [3.63, 3.8) is 0 Å². The van der Waals surface area contributed by atoms with E-state index in [-0.39, 0.29) is 12.2 Å². The molecule has 0 aliphatic rings. The average Bonchev–Trinajstić information content (AvgIpc) is 2.93. The van der Waals surface area contributed by atoms with Gasteiger partial charge in [-0.15, -0.1) is 0 Å². The van der Waals surface area contributed by atoms with Crippen molar-refractivity contribution in [3.8, 4) is 5.75 Å². The monoisotopic (exact) mass is 315 g/mol. The molecular formula is C18H15F2NO2. The molecule has 0 spiro atoms. The average molecular weight is 315 g/mol. The first-order valence-electron chi connectivity index (χ1n) is 7.12. The summed E-state index contributed by atoms with van der Waals surface area (Å²) in [5, 5.41) is 0.550. The maximum absolute atomic E-state index is 13.9. The molecule has 0 bridgehead atoms. The number of halogens is 2. The number of aromatic amines is 1. The van der Waals surface area contributed by atoms with Crippen LogP contribution in [0.5, 0.6) is 5.75 Å². The molecule has 1 heterocycles. The van der Waals surface area contributed by atoms with Gasteiger partial charge in [0.15, 0.2) is 5.78 Å². The summed E-state index contributed by atoms with van der Waals surface area (Å²) in [6, 6.07) is 7.22. The Morgan fingerprint density at radius 1 is 1.22 bits per heavy atom. The molecule has 118 valence electrons. The quantitative estimate of drug-likeness (QED) is 0.734. The molecule has 0 unspecified atom stereocenters. The van der Waals surface area contributed by atoms with E-state index in [1.54, 1.807) is 13.0 Å². The van der Waals surface area contributed by atoms with E-state index in [9.17, 15) is 13.6 Å². The van der Waals surface area contributed by atoms with Gasteiger partial charge in [0, 0.05) is 35.2 Å². The van der Waals surface area contributed by atoms with Crippen molar-refractivity contribution < 1.29 is 18.3 Å². The van der Waals surface area contributed by atoms with Crippen LogP contribution in [0, 0.1) is 18.6 Å². The SMILES string of the molecule is COc1cc(F)ccc1CC(=O)c1c[nH]c2c(F)cc(C)cc12. The number of methoxy groups -OCH3 is 1. The highest BCUT2D eigenvalue weighted by atomic mass is 19.1. The van der Waals surface area contributed by atoms with Gasteiger partial charge in [0.25, 0.3) is 0 Å². The summed E-state index contributed by atoms with van der Waals surface area (Å²) in [5.74, 6) is -0.687. The Morgan fingerprint density at radius 3 is 2.74 bits per heavy atom. The van der Waals surface area contributed by atoms with Gasteiger partial charge in [0.05, 0.1) is 12.6 Å². The van der Waals surface area contributed by atoms with E-state index < -0.39 is 11.6 Å². The first-order valence-corrected chi connectivity index (χ1v) is 7.12. The van der Waals surface area contributed by atoms with Crippen LogP contribution < -0.4 is 4.74 Å². The van der Waals surface area contributed by atoms with Crippen LogP contribution in [0.2, 0.25) is 0 Å². The van der Waals surface area contributed by atoms with Crippen molar-refractivity contribution in [2.24, 2.45) is 0 Å². The summed E-state index contributed by atoms with van der Waals surface area (Å²) < 4.78 is 32.3. The van der Waals surface area contributed by atoms with Crippen LogP contribution in [0.15, 0.2) is 36.5 Å². The number of carbonyl (C=O) groups is 1. The van der Waals surface area contributed by atoms with Gasteiger partial charge in [-0.2, -0.15) is 0 Å². The van der Waals surface area contributed by atoms with Gasteiger partial charge in [-0.25, -0.2) is 8.78 Å². The number of rotatable bonds is 4. The molecule has 3 nitrogen and oxygen atoms in total. The number of nitrogens with one attached hydrogen (secondary N) is 1. The Balaban J connectivity index is 1.99. The van der Waals surface area contributed by atoms with Gasteiger partial charge >= 0.3 is 0 Å². The second kappa shape index (κ2) is 5.83. The van der Waals surface area contributed by atoms with Crippen LogP contribution in [0.25, 0.3) is 10.9 Å². The maximum Gasteiger partial charge on any atom is 0.169 e. The zero-order valence-corrected chi connectivity index (χ0v) is 12.7. The Bertz CT molecular complexity index is 899. The van der Waals surface area contributed by atoms with Crippen LogP contribution in [0.3, 0.4) is 0 Å². The fourth-order valence-electron chi connectivity index (χ4n) is 2.69. The van der Waals surface area contributed by atoms with Gasteiger partial charge in [-0.1, -0.05) is 6.07 Å². The van der Waals surface area contributed by atoms with Crippen LogP contribution >= 0.6 is 0 Å². The third-order valence-electron chi connectivity index (χ3n) is 3.79. The highest BCUT2D eigenvalue weighted by molar-refractivity contribution is 6.09. The number of carbonyl (C=O) groups excluding carboxylic acids is 1. The Hall–Kier alpha value is -2.69. The Kier molecular flexibility index (Phi) is 3.86. The minimum atomic E-state index is -0.428. The number of hydrogen-bond acceptors (Lipinski definition) is 2. The van der Waals surface area contributed by atoms with E-state index in [4.69, 9.17) is 4.74 Å². The summed E-state index contributed by atoms with van der Waals surface area (Å²) in [7, 11) is 1.42. The predicted molar refractivity (Wildman–Crippen MR) is 84.0 cm³/mol. The van der Waals surface area contributed by atoms with E-state index in [0.717, 1.165) is 5.56 Å². The molecule has 2 aromatic carbocycles. The first-order chi connectivity index (χ1) is 11.0. The Morgan fingerprint density at radius 2 is 2.00 bits per heavy atom. The van der Waals surface area contributed by atoms with Crippen molar-refractivity contribution in [1.29, 1.82) is 0 Å². The molecule has 0 aliphatic heterocycles. The van der Waals surface area contributed by atoms with Gasteiger partial charge < -0.3 is 9.72 Å². The molecule has 23 heavy (non-hydrogen) atoms. The number of hydrogen-bond donors (Lipinski definition) is 1. The fraction of sp³-hybridized carbons (Fsp3) is 0.167. The van der Waals surface area contributed by atoms with Gasteiger partial charge in [-0.05, 0) is 30.7 Å². The van der Waals surface area contributed by atoms with Crippen molar-refractivity contribution in [2.45, 2.75) is 13.3 Å². The van der Waals surface area contributed by atoms with E-state index in [1.807, 2.05) is 0 Å². The number of ketones is 1. The smallest absolute Gasteiger partial charge is 0.169 e. The maximum atomic E-state index is 13.9. The van der Waals surface area contributed by atoms with E-state index in [2.05, 4.69) is 4.98 Å². The minimum absolute atomic E-state index is 0.0476. The zero-order chi connectivity index (χ0) is 16.6. The van der Waals surface area contributed by atoms with Crippen LogP contribution in [0.4, 0.5) is 8.78 Å². The van der Waals surface area contributed by atoms with E-state index in [1.165, 1.54) is 37.6 Å². The molecule has 3 aromatic rings. The summed E-state index contributed by atoms with van der Waals surface area (Å²) in [6.07, 6.45) is 1.55. The first kappa shape index (κ1) is 15.2. The highest BCUT2D eigenvalue weighted by Crippen LogP contribution is 2.26. The second-order valence-electron chi connectivity index (χ2n) is 5.43. The standard InChI is InChI=1S/C18H15F2NO2/c1-10-5-13-14(9-21-18(13)15(20)6-10)16(22)7-11-3-4-12(19)8-17(11)23-2/h3-6,8-9,21H,7H2,1-2H3. The molecule has 1 N–H and O–H groups in total. The fourth-order valence-corrected chi connectivity index (χ4v) is 2.69. The lowest BCUT2D eigenvalue weighted by atomic mass is 10.0. The van der Waals surface area contributed by atoms with Gasteiger partial charge in [-0.3, -0.25) is 4.79 Å². The van der Waals surface area contributed by atoms with Crippen molar-refractivity contribution in [3.05, 3.63) is 64.9 Å². The van der Waals surface area contributed by atoms with Gasteiger partial charge in [0.1, 0.15) is 17.4 Å². The lowest BCUT2D eigenvalue weighted by molar-refractivity contribution is 0.0993. The third-order valence-corrected chi connectivity index (χ3v) is 3.79. The van der Waals surface area contributed by atoms with Crippen LogP contribution in [0.1, 0.15) is 21.5 Å². The minimum Gasteiger partial charge on any atom is -0.496 e. The Labute approximate surface area is 131 Å². The van der Waals surface area contributed by atoms with Crippen molar-refractivity contribution in [2.75, 3.05) is 7.11 Å². The lowest BCUT2D eigenvalue weighted by Gasteiger charge is -2.08. The molecule has 0 amide bonds. The summed E-state index contributed by atoms with van der Waals surface area (Å²) in [6.45, 7) is 1.77. The molecule has 1 aromatic heterocycles. The number of aromatic nitrogens is 1. The highest BCUT2D eigenvalue weighted by Gasteiger charge is 2.17. The van der Waals surface area contributed by atoms with Crippen LogP contribution in [-0.2, 0) is 6.42 Å². The molecule has 0 saturated carbocycles. The number of Topliss-reactive ketones (excluding diaryl/α,β-unsaturated/α-hetero) is 1. The molecular weight excluding hydrogens is 300 g/mol. The zero-order valence-electron chi connectivity index (χ0n) is 12.7. The summed E-state index contributed by atoms with van der Waals surface area (Å²) in [5.41, 5.74) is 2.04. The molecule has 0 aliphatic carbocycles. The largest absolute Gasteiger partial charge is 0.496 e. The topological polar surface area (TPSA) is 42.1 Å². The number of ether oxygens (including phenoxy) is 1. The molecule has 0 radical (unpaired) electrons. The second-order valence-corrected chi connectivity index (χ2v) is 5.43. The molecule has 5 heteroatoms. The number of H-pyrrole nitrogens is 1. The molecule has 0 saturated heterocycles. The lowest BCUT2D eigenvalue weighted by Crippen LogP contribution is -2.05. The predicted octanol–water partition coefficient (Wildman–Crippen LogP) is 4.19. The van der Waals surface area contributed by atoms with E-state index in [0.29, 0.717) is 27.8 Å². The number of fused-ring (bicyclic) bond motifs is 1. The molecule has 0 fully saturated rings. The van der Waals surface area contributed by atoms with Gasteiger partial charge in [0.2, 0.25) is 0 Å². The van der Waals surface area contributed by atoms with Crippen LogP contribution in [-0.4, -0.2) is 17.9 Å². The summed E-state index contributed by atoms with van der Waals surface area (Å²) >= 11 is 0. The number of aryl methyl sites for hydroxylation is 1.